The van der Waals surface area contributed by atoms with E-state index in [9.17, 15) is 4.79 Å². The minimum absolute atomic E-state index is 0.396. The molecule has 0 N–H and O–H groups in total. The summed E-state index contributed by atoms with van der Waals surface area (Å²) in [5.41, 5.74) is 2.55. The molecule has 5 nitrogen and oxygen atoms in total. The summed E-state index contributed by atoms with van der Waals surface area (Å²) in [6.07, 6.45) is 22.9. The number of carbonyl (C=O) groups is 1. The van der Waals surface area contributed by atoms with Crippen LogP contribution in [0.25, 0.3) is 11.4 Å². The molecule has 0 radical (unpaired) electrons. The van der Waals surface area contributed by atoms with Crippen molar-refractivity contribution >= 4 is 5.97 Å². The number of unbranched alkanes of at least 4 members (excludes halogenated alkanes) is 9. The lowest BCUT2D eigenvalue weighted by Gasteiger charge is -2.08. The lowest BCUT2D eigenvalue weighted by molar-refractivity contribution is 0.0734. The molecule has 1 aromatic heterocycles. The number of benzene rings is 2. The van der Waals surface area contributed by atoms with E-state index in [0.717, 1.165) is 36.5 Å². The first-order valence-corrected chi connectivity index (χ1v) is 16.1. The zero-order valence-electron chi connectivity index (χ0n) is 25.9. The van der Waals surface area contributed by atoms with Crippen LogP contribution in [0.1, 0.15) is 113 Å². The summed E-state index contributed by atoms with van der Waals surface area (Å²) in [7, 11) is 0. The normalized spacial score (nSPS) is 11.7. The number of carbonyl (C=O) groups excluding carboxylic acids is 1. The van der Waals surface area contributed by atoms with Crippen LogP contribution < -0.4 is 9.47 Å². The Kier molecular flexibility index (Phi) is 15.4. The van der Waals surface area contributed by atoms with E-state index in [1.807, 2.05) is 42.7 Å². The number of nitrogens with zero attached hydrogens (tertiary/aromatic N) is 2. The van der Waals surface area contributed by atoms with Crippen molar-refractivity contribution in [1.82, 2.24) is 9.97 Å². The molecule has 0 bridgehead atoms. The summed E-state index contributed by atoms with van der Waals surface area (Å²) < 4.78 is 11.4. The minimum atomic E-state index is -0.396. The fourth-order valence-corrected chi connectivity index (χ4v) is 4.83. The lowest BCUT2D eigenvalue weighted by atomic mass is 10.00. The summed E-state index contributed by atoms with van der Waals surface area (Å²) in [5, 5.41) is 0. The molecule has 1 atom stereocenters. The molecule has 0 fully saturated rings. The number of aromatic nitrogens is 2. The van der Waals surface area contributed by atoms with Gasteiger partial charge < -0.3 is 9.47 Å². The molecule has 3 aromatic rings. The fraction of sp³-hybridized carbons (Fsp3) is 0.486. The largest absolute Gasteiger partial charge is 0.494 e. The van der Waals surface area contributed by atoms with Gasteiger partial charge in [0.2, 0.25) is 0 Å². The second-order valence-corrected chi connectivity index (χ2v) is 11.4. The zero-order valence-corrected chi connectivity index (χ0v) is 25.9. The summed E-state index contributed by atoms with van der Waals surface area (Å²) >= 11 is 0. The van der Waals surface area contributed by atoms with Crippen LogP contribution in [0.5, 0.6) is 11.5 Å². The summed E-state index contributed by atoms with van der Waals surface area (Å²) in [5.74, 6) is 2.36. The maximum atomic E-state index is 12.6. The quantitative estimate of drug-likeness (QED) is 0.0552. The van der Waals surface area contributed by atoms with E-state index in [1.165, 1.54) is 76.2 Å². The van der Waals surface area contributed by atoms with E-state index >= 15 is 0 Å². The highest BCUT2D eigenvalue weighted by molar-refractivity contribution is 5.91. The smallest absolute Gasteiger partial charge is 0.343 e. The molecule has 226 valence electrons. The molecule has 0 aliphatic carbocycles. The van der Waals surface area contributed by atoms with Crippen LogP contribution in [0.3, 0.4) is 0 Å². The van der Waals surface area contributed by atoms with E-state index in [-0.39, 0.29) is 0 Å². The number of ether oxygens (including phenoxy) is 2. The molecule has 0 spiro atoms. The molecule has 1 heterocycles. The number of aryl methyl sites for hydroxylation is 1. The van der Waals surface area contributed by atoms with Crippen molar-refractivity contribution in [3.8, 4) is 22.9 Å². The Balaban J connectivity index is 1.35. The maximum absolute atomic E-state index is 12.6. The topological polar surface area (TPSA) is 61.3 Å². The van der Waals surface area contributed by atoms with Gasteiger partial charge in [0, 0.05) is 18.0 Å². The molecule has 1 unspecified atom stereocenters. The van der Waals surface area contributed by atoms with Crippen LogP contribution in [0.15, 0.2) is 73.6 Å². The van der Waals surface area contributed by atoms with Crippen molar-refractivity contribution < 1.29 is 14.3 Å². The Labute approximate surface area is 253 Å². The van der Waals surface area contributed by atoms with Gasteiger partial charge in [-0.2, -0.15) is 0 Å². The van der Waals surface area contributed by atoms with E-state index < -0.39 is 5.97 Å². The van der Waals surface area contributed by atoms with Gasteiger partial charge in [-0.15, -0.1) is 6.58 Å². The van der Waals surface area contributed by atoms with Gasteiger partial charge in [-0.05, 0) is 92.1 Å². The van der Waals surface area contributed by atoms with Gasteiger partial charge in [0.15, 0.2) is 5.82 Å². The van der Waals surface area contributed by atoms with Gasteiger partial charge in [-0.1, -0.05) is 77.7 Å². The zero-order chi connectivity index (χ0) is 29.8. The average Bonchev–Trinajstić information content (AvgIpc) is 3.02. The molecule has 0 saturated carbocycles. The Morgan fingerprint density at radius 3 is 2.10 bits per heavy atom. The Morgan fingerprint density at radius 2 is 1.43 bits per heavy atom. The third-order valence-electron chi connectivity index (χ3n) is 7.80. The number of hydrogen-bond acceptors (Lipinski definition) is 5. The van der Waals surface area contributed by atoms with Crippen molar-refractivity contribution in [3.63, 3.8) is 0 Å². The standard InChI is InChI=1S/C37H50N2O3/c1-4-6-7-8-9-10-11-12-16-27-41-34-23-21-33(22-24-34)37(40)42-35-25-19-32(20-26-35)36-38-28-31(29-39-36)18-15-13-14-17-30(3)5-2/h4,19-26,28-30H,1,5-18,27H2,2-3H3. The third-order valence-corrected chi connectivity index (χ3v) is 7.80. The molecule has 5 heteroatoms. The van der Waals surface area contributed by atoms with Crippen LogP contribution in [0, 0.1) is 5.92 Å². The second kappa shape index (κ2) is 19.6. The molecule has 3 rings (SSSR count). The van der Waals surface area contributed by atoms with E-state index in [0.29, 0.717) is 23.7 Å². The molecule has 0 saturated heterocycles. The van der Waals surface area contributed by atoms with Gasteiger partial charge in [0.1, 0.15) is 11.5 Å². The van der Waals surface area contributed by atoms with Crippen molar-refractivity contribution in [1.29, 1.82) is 0 Å². The van der Waals surface area contributed by atoms with Gasteiger partial charge >= 0.3 is 5.97 Å². The van der Waals surface area contributed by atoms with E-state index in [1.54, 1.807) is 24.3 Å². The SMILES string of the molecule is C=CCCCCCCCCCOc1ccc(C(=O)Oc2ccc(-c3ncc(CCCCCC(C)CC)cn3)cc2)cc1. The first kappa shape index (κ1) is 33.0. The molecule has 0 aliphatic heterocycles. The van der Waals surface area contributed by atoms with Gasteiger partial charge in [-0.25, -0.2) is 14.8 Å². The maximum Gasteiger partial charge on any atom is 0.343 e. The first-order chi connectivity index (χ1) is 20.6. The van der Waals surface area contributed by atoms with Crippen LogP contribution in [0.2, 0.25) is 0 Å². The highest BCUT2D eigenvalue weighted by atomic mass is 16.5. The van der Waals surface area contributed by atoms with E-state index in [4.69, 9.17) is 9.47 Å². The highest BCUT2D eigenvalue weighted by Gasteiger charge is 2.10. The summed E-state index contributed by atoms with van der Waals surface area (Å²) in [6.45, 7) is 9.05. The molecular formula is C37H50N2O3. The van der Waals surface area contributed by atoms with Crippen molar-refractivity contribution in [2.75, 3.05) is 6.61 Å². The molecule has 42 heavy (non-hydrogen) atoms. The monoisotopic (exact) mass is 570 g/mol. The summed E-state index contributed by atoms with van der Waals surface area (Å²) in [4.78, 5) is 21.8. The molecule has 0 amide bonds. The fourth-order valence-electron chi connectivity index (χ4n) is 4.83. The lowest BCUT2D eigenvalue weighted by Crippen LogP contribution is -2.08. The van der Waals surface area contributed by atoms with Crippen molar-refractivity contribution in [3.05, 3.63) is 84.7 Å². The Morgan fingerprint density at radius 1 is 0.810 bits per heavy atom. The van der Waals surface area contributed by atoms with Crippen LogP contribution in [-0.4, -0.2) is 22.5 Å². The molecule has 0 aliphatic rings. The average molecular weight is 571 g/mol. The number of esters is 1. The first-order valence-electron chi connectivity index (χ1n) is 16.1. The van der Waals surface area contributed by atoms with Gasteiger partial charge in [0.05, 0.1) is 12.2 Å². The minimum Gasteiger partial charge on any atom is -0.494 e. The molecular weight excluding hydrogens is 520 g/mol. The highest BCUT2D eigenvalue weighted by Crippen LogP contribution is 2.22. The van der Waals surface area contributed by atoms with Crippen LogP contribution in [0.4, 0.5) is 0 Å². The van der Waals surface area contributed by atoms with Crippen molar-refractivity contribution in [2.45, 2.75) is 104 Å². The van der Waals surface area contributed by atoms with Crippen LogP contribution in [-0.2, 0) is 6.42 Å². The van der Waals surface area contributed by atoms with Crippen molar-refractivity contribution in [2.24, 2.45) is 5.92 Å². The van der Waals surface area contributed by atoms with E-state index in [2.05, 4.69) is 30.4 Å². The third kappa shape index (κ3) is 12.6. The second-order valence-electron chi connectivity index (χ2n) is 11.4. The predicted octanol–water partition coefficient (Wildman–Crippen LogP) is 10.2. The predicted molar refractivity (Wildman–Crippen MR) is 173 cm³/mol. The Hall–Kier alpha value is -3.47. The number of hydrogen-bond donors (Lipinski definition) is 0. The summed E-state index contributed by atoms with van der Waals surface area (Å²) in [6, 6.07) is 14.5. The Bertz CT molecular complexity index is 1160. The molecule has 2 aromatic carbocycles. The number of rotatable bonds is 21. The number of allylic oxidation sites excluding steroid dienone is 1. The van der Waals surface area contributed by atoms with Gasteiger partial charge in [-0.3, -0.25) is 0 Å². The van der Waals surface area contributed by atoms with Gasteiger partial charge in [0.25, 0.3) is 0 Å². The van der Waals surface area contributed by atoms with Crippen LogP contribution >= 0.6 is 0 Å².